The van der Waals surface area contributed by atoms with Gasteiger partial charge in [0.1, 0.15) is 12.4 Å². The molecule has 7 nitrogen and oxygen atoms in total. The molecule has 2 rings (SSSR count). The highest BCUT2D eigenvalue weighted by molar-refractivity contribution is 5.95. The van der Waals surface area contributed by atoms with Crippen LogP contribution in [0.25, 0.3) is 0 Å². The topological polar surface area (TPSA) is 101 Å². The number of hydrogen-bond acceptors (Lipinski definition) is 6. The van der Waals surface area contributed by atoms with E-state index in [1.165, 1.54) is 13.1 Å². The second kappa shape index (κ2) is 8.79. The summed E-state index contributed by atoms with van der Waals surface area (Å²) in [5.74, 6) is -0.839. The summed E-state index contributed by atoms with van der Waals surface area (Å²) in [7, 11) is 1.54. The largest absolute Gasteiger partial charge is 0.490 e. The van der Waals surface area contributed by atoms with Crippen LogP contribution in [0.1, 0.15) is 34.6 Å². The molecule has 0 bridgehead atoms. The Kier molecular flexibility index (Phi) is 6.47. The van der Waals surface area contributed by atoms with Gasteiger partial charge >= 0.3 is 5.97 Å². The van der Waals surface area contributed by atoms with Crippen LogP contribution in [0.4, 0.5) is 0 Å². The van der Waals surface area contributed by atoms with Gasteiger partial charge in [-0.05, 0) is 5.56 Å². The van der Waals surface area contributed by atoms with Crippen molar-refractivity contribution in [3.05, 3.63) is 59.4 Å². The predicted molar refractivity (Wildman–Crippen MR) is 90.2 cm³/mol. The van der Waals surface area contributed by atoms with Crippen molar-refractivity contribution < 1.29 is 23.8 Å². The molecule has 25 heavy (non-hydrogen) atoms. The van der Waals surface area contributed by atoms with E-state index in [1.54, 1.807) is 13.2 Å². The van der Waals surface area contributed by atoms with Crippen molar-refractivity contribution >= 4 is 11.9 Å². The first-order valence-electron chi connectivity index (χ1n) is 7.66. The summed E-state index contributed by atoms with van der Waals surface area (Å²) < 4.78 is 15.9. The molecular formula is C18H20N2O5. The summed E-state index contributed by atoms with van der Waals surface area (Å²) >= 11 is 0. The molecule has 1 amide bonds. The first-order chi connectivity index (χ1) is 12.0. The number of benzene rings is 1. The van der Waals surface area contributed by atoms with E-state index in [1.807, 2.05) is 30.3 Å². The molecule has 0 aliphatic heterocycles. The van der Waals surface area contributed by atoms with E-state index < -0.39 is 18.0 Å². The van der Waals surface area contributed by atoms with Crippen LogP contribution in [-0.4, -0.2) is 37.2 Å². The van der Waals surface area contributed by atoms with Crippen LogP contribution in [-0.2, 0) is 14.3 Å². The minimum Gasteiger partial charge on any atom is -0.490 e. The van der Waals surface area contributed by atoms with Gasteiger partial charge in [-0.15, -0.1) is 0 Å². The van der Waals surface area contributed by atoms with Gasteiger partial charge in [0, 0.05) is 26.3 Å². The average Bonchev–Trinajstić information content (AvgIpc) is 2.60. The average molecular weight is 344 g/mol. The first kappa shape index (κ1) is 18.4. The minimum absolute atomic E-state index is 0.148. The van der Waals surface area contributed by atoms with E-state index in [-0.39, 0.29) is 17.9 Å². The molecule has 1 aromatic heterocycles. The zero-order valence-electron chi connectivity index (χ0n) is 14.1. The van der Waals surface area contributed by atoms with E-state index >= 15 is 0 Å². The number of carbonyl (C=O) groups is 2. The van der Waals surface area contributed by atoms with E-state index in [9.17, 15) is 9.59 Å². The SMILES string of the molecule is COCCOc1cc([C@@H](OC(C)=O)c2ccccc2)ncc1C(N)=O. The second-order valence-electron chi connectivity index (χ2n) is 5.21. The Hall–Kier alpha value is -2.93. The fourth-order valence-corrected chi connectivity index (χ4v) is 2.23. The van der Waals surface area contributed by atoms with Gasteiger partial charge in [-0.25, -0.2) is 0 Å². The normalized spacial score (nSPS) is 11.6. The predicted octanol–water partition coefficient (Wildman–Crippen LogP) is 1.86. The number of amides is 1. The van der Waals surface area contributed by atoms with Crippen molar-refractivity contribution in [2.24, 2.45) is 5.73 Å². The summed E-state index contributed by atoms with van der Waals surface area (Å²) in [6.07, 6.45) is 0.601. The summed E-state index contributed by atoms with van der Waals surface area (Å²) in [6.45, 7) is 1.91. The third-order valence-electron chi connectivity index (χ3n) is 3.35. The first-order valence-corrected chi connectivity index (χ1v) is 7.66. The van der Waals surface area contributed by atoms with Crippen molar-refractivity contribution in [2.75, 3.05) is 20.3 Å². The van der Waals surface area contributed by atoms with E-state index in [2.05, 4.69) is 4.98 Å². The van der Waals surface area contributed by atoms with Gasteiger partial charge in [0.2, 0.25) is 0 Å². The zero-order valence-corrected chi connectivity index (χ0v) is 14.1. The Morgan fingerprint density at radius 3 is 2.52 bits per heavy atom. The van der Waals surface area contributed by atoms with E-state index in [4.69, 9.17) is 19.9 Å². The maximum atomic E-state index is 11.6. The number of esters is 1. The molecule has 1 atom stereocenters. The summed E-state index contributed by atoms with van der Waals surface area (Å²) in [5, 5.41) is 0. The number of pyridine rings is 1. The van der Waals surface area contributed by atoms with E-state index in [0.29, 0.717) is 12.3 Å². The number of primary amides is 1. The van der Waals surface area contributed by atoms with Crippen LogP contribution in [0.3, 0.4) is 0 Å². The molecule has 2 aromatic rings. The third kappa shape index (κ3) is 5.02. The molecule has 7 heteroatoms. The molecule has 1 heterocycles. The van der Waals surface area contributed by atoms with Gasteiger partial charge < -0.3 is 19.9 Å². The lowest BCUT2D eigenvalue weighted by Gasteiger charge is -2.18. The maximum absolute atomic E-state index is 11.6. The lowest BCUT2D eigenvalue weighted by Crippen LogP contribution is -2.17. The molecule has 0 aliphatic carbocycles. The Labute approximate surface area is 145 Å². The van der Waals surface area contributed by atoms with Gasteiger partial charge in [0.15, 0.2) is 6.10 Å². The van der Waals surface area contributed by atoms with Crippen molar-refractivity contribution in [3.8, 4) is 5.75 Å². The standard InChI is InChI=1S/C18H20N2O5/c1-12(21)25-17(13-6-4-3-5-7-13)15-10-16(24-9-8-23-2)14(11-20-15)18(19)22/h3-7,10-11,17H,8-9H2,1-2H3,(H2,19,22)/t17-/m0/s1. The van der Waals surface area contributed by atoms with Crippen molar-refractivity contribution in [3.63, 3.8) is 0 Å². The second-order valence-corrected chi connectivity index (χ2v) is 5.21. The highest BCUT2D eigenvalue weighted by Gasteiger charge is 2.21. The fraction of sp³-hybridized carbons (Fsp3) is 0.278. The minimum atomic E-state index is -0.717. The molecule has 132 valence electrons. The molecule has 0 radical (unpaired) electrons. The third-order valence-corrected chi connectivity index (χ3v) is 3.35. The lowest BCUT2D eigenvalue weighted by molar-refractivity contribution is -0.144. The van der Waals surface area contributed by atoms with Crippen molar-refractivity contribution in [1.29, 1.82) is 0 Å². The monoisotopic (exact) mass is 344 g/mol. The Balaban J connectivity index is 2.41. The molecule has 1 aromatic carbocycles. The van der Waals surface area contributed by atoms with E-state index in [0.717, 1.165) is 5.56 Å². The molecule has 0 unspecified atom stereocenters. The summed E-state index contributed by atoms with van der Waals surface area (Å²) in [5.41, 5.74) is 6.69. The number of rotatable bonds is 8. The van der Waals surface area contributed by atoms with Crippen LogP contribution >= 0.6 is 0 Å². The fourth-order valence-electron chi connectivity index (χ4n) is 2.23. The van der Waals surface area contributed by atoms with Gasteiger partial charge in [0.25, 0.3) is 5.91 Å². The molecule has 0 aliphatic rings. The number of carbonyl (C=O) groups excluding carboxylic acids is 2. The number of hydrogen-bond donors (Lipinski definition) is 1. The molecule has 0 saturated carbocycles. The molecule has 2 N–H and O–H groups in total. The maximum Gasteiger partial charge on any atom is 0.303 e. The van der Waals surface area contributed by atoms with Gasteiger partial charge in [-0.2, -0.15) is 0 Å². The number of nitrogens with zero attached hydrogens (tertiary/aromatic N) is 1. The molecule has 0 saturated heterocycles. The number of nitrogens with two attached hydrogens (primary N) is 1. The quantitative estimate of drug-likeness (QED) is 0.579. The molecular weight excluding hydrogens is 324 g/mol. The Morgan fingerprint density at radius 1 is 1.20 bits per heavy atom. The highest BCUT2D eigenvalue weighted by Crippen LogP contribution is 2.29. The van der Waals surface area contributed by atoms with Crippen LogP contribution in [0.15, 0.2) is 42.6 Å². The number of ether oxygens (including phenoxy) is 3. The van der Waals surface area contributed by atoms with Crippen LogP contribution in [0.2, 0.25) is 0 Å². The van der Waals surface area contributed by atoms with Gasteiger partial charge in [0.05, 0.1) is 17.9 Å². The number of aromatic nitrogens is 1. The van der Waals surface area contributed by atoms with Gasteiger partial charge in [-0.3, -0.25) is 14.6 Å². The van der Waals surface area contributed by atoms with Crippen LogP contribution in [0, 0.1) is 0 Å². The van der Waals surface area contributed by atoms with Gasteiger partial charge in [-0.1, -0.05) is 30.3 Å². The van der Waals surface area contributed by atoms with Crippen molar-refractivity contribution in [1.82, 2.24) is 4.98 Å². The van der Waals surface area contributed by atoms with Crippen LogP contribution < -0.4 is 10.5 Å². The Morgan fingerprint density at radius 2 is 1.92 bits per heavy atom. The zero-order chi connectivity index (χ0) is 18.2. The summed E-state index contributed by atoms with van der Waals surface area (Å²) in [6, 6.07) is 10.7. The molecule has 0 fully saturated rings. The summed E-state index contributed by atoms with van der Waals surface area (Å²) in [4.78, 5) is 27.3. The highest BCUT2D eigenvalue weighted by atomic mass is 16.5. The van der Waals surface area contributed by atoms with Crippen LogP contribution in [0.5, 0.6) is 5.75 Å². The van der Waals surface area contributed by atoms with Crippen molar-refractivity contribution in [2.45, 2.75) is 13.0 Å². The smallest absolute Gasteiger partial charge is 0.303 e. The Bertz CT molecular complexity index is 734. The lowest BCUT2D eigenvalue weighted by atomic mass is 10.0. The number of methoxy groups -OCH3 is 1. The molecule has 0 spiro atoms.